The first-order chi connectivity index (χ1) is 13.0. The molecule has 0 radical (unpaired) electrons. The maximum Gasteiger partial charge on any atom is 0.271 e. The molecule has 0 N–H and O–H groups in total. The molecule has 0 unspecified atom stereocenters. The van der Waals surface area contributed by atoms with E-state index in [2.05, 4.69) is 4.99 Å². The first-order valence-corrected chi connectivity index (χ1v) is 8.40. The number of aryl methyl sites for hydroxylation is 1. The molecule has 0 saturated carbocycles. The van der Waals surface area contributed by atoms with Crippen LogP contribution in [0, 0.1) is 24.0 Å². The molecular weight excluding hydrogens is 346 g/mol. The number of rotatable bonds is 4. The van der Waals surface area contributed by atoms with Gasteiger partial charge in [-0.3, -0.25) is 15.1 Å². The number of hydrogen-bond acceptors (Lipinski definition) is 5. The molecule has 0 aliphatic carbocycles. The second kappa shape index (κ2) is 6.60. The highest BCUT2D eigenvalue weighted by molar-refractivity contribution is 5.84. The van der Waals surface area contributed by atoms with Crippen molar-refractivity contribution in [3.63, 3.8) is 0 Å². The first kappa shape index (κ1) is 16.8. The number of fused-ring (bicyclic) bond motifs is 1. The Morgan fingerprint density at radius 2 is 1.93 bits per heavy atom. The summed E-state index contributed by atoms with van der Waals surface area (Å²) in [6.45, 7) is 4.16. The van der Waals surface area contributed by atoms with E-state index in [4.69, 9.17) is 9.47 Å². The Kier molecular flexibility index (Phi) is 4.12. The standard InChI is InChI=1S/C20H17N3O4/c1-13-8-15(11-21-16-6-7-19-20(9-16)27-12-26-19)14(2)22(13)17-4-3-5-18(10-17)23(24)25/h3-11H,12H2,1-2H3. The van der Waals surface area contributed by atoms with E-state index < -0.39 is 0 Å². The van der Waals surface area contributed by atoms with Crippen molar-refractivity contribution in [2.75, 3.05) is 6.79 Å². The smallest absolute Gasteiger partial charge is 0.271 e. The third kappa shape index (κ3) is 3.15. The molecule has 0 atom stereocenters. The fraction of sp³-hybridized carbons (Fsp3) is 0.150. The quantitative estimate of drug-likeness (QED) is 0.389. The summed E-state index contributed by atoms with van der Waals surface area (Å²) in [5.74, 6) is 1.41. The summed E-state index contributed by atoms with van der Waals surface area (Å²) in [6, 6.07) is 14.1. The van der Waals surface area contributed by atoms with E-state index in [1.807, 2.05) is 48.7 Å². The zero-order valence-electron chi connectivity index (χ0n) is 14.9. The van der Waals surface area contributed by atoms with Crippen LogP contribution in [0.2, 0.25) is 0 Å². The van der Waals surface area contributed by atoms with E-state index in [0.717, 1.165) is 34.1 Å². The number of benzene rings is 2. The lowest BCUT2D eigenvalue weighted by Crippen LogP contribution is -2.00. The van der Waals surface area contributed by atoms with Gasteiger partial charge in [0.1, 0.15) is 0 Å². The molecule has 1 aliphatic rings. The number of non-ortho nitro benzene ring substituents is 1. The summed E-state index contributed by atoms with van der Waals surface area (Å²) >= 11 is 0. The number of nitro benzene ring substituents is 1. The summed E-state index contributed by atoms with van der Waals surface area (Å²) in [7, 11) is 0. The molecule has 0 bridgehead atoms. The van der Waals surface area contributed by atoms with Crippen molar-refractivity contribution >= 4 is 17.6 Å². The van der Waals surface area contributed by atoms with E-state index in [0.29, 0.717) is 5.75 Å². The number of nitrogens with zero attached hydrogens (tertiary/aromatic N) is 3. The zero-order chi connectivity index (χ0) is 19.0. The van der Waals surface area contributed by atoms with E-state index in [-0.39, 0.29) is 17.4 Å². The van der Waals surface area contributed by atoms with E-state index in [1.54, 1.807) is 18.3 Å². The van der Waals surface area contributed by atoms with Crippen molar-refractivity contribution < 1.29 is 14.4 Å². The summed E-state index contributed by atoms with van der Waals surface area (Å²) in [6.07, 6.45) is 1.79. The molecule has 0 spiro atoms. The van der Waals surface area contributed by atoms with Gasteiger partial charge in [-0.15, -0.1) is 0 Å². The summed E-state index contributed by atoms with van der Waals surface area (Å²) in [5, 5.41) is 11.1. The lowest BCUT2D eigenvalue weighted by atomic mass is 10.2. The van der Waals surface area contributed by atoms with E-state index in [9.17, 15) is 10.1 Å². The molecule has 0 fully saturated rings. The maximum absolute atomic E-state index is 11.1. The van der Waals surface area contributed by atoms with E-state index in [1.165, 1.54) is 6.07 Å². The molecule has 1 aromatic heterocycles. The topological polar surface area (TPSA) is 78.9 Å². The van der Waals surface area contributed by atoms with Crippen LogP contribution in [0.25, 0.3) is 5.69 Å². The van der Waals surface area contributed by atoms with Gasteiger partial charge in [-0.2, -0.15) is 0 Å². The minimum Gasteiger partial charge on any atom is -0.454 e. The number of nitro groups is 1. The Labute approximate surface area is 155 Å². The van der Waals surface area contributed by atoms with Gasteiger partial charge in [0.05, 0.1) is 16.3 Å². The molecule has 2 heterocycles. The lowest BCUT2D eigenvalue weighted by molar-refractivity contribution is -0.384. The van der Waals surface area contributed by atoms with Crippen LogP contribution in [-0.4, -0.2) is 22.5 Å². The predicted octanol–water partition coefficient (Wildman–Crippen LogP) is 4.48. The third-order valence-corrected chi connectivity index (χ3v) is 4.48. The molecule has 7 heteroatoms. The summed E-state index contributed by atoms with van der Waals surface area (Å²) in [5.41, 5.74) is 4.45. The maximum atomic E-state index is 11.1. The molecule has 136 valence electrons. The van der Waals surface area contributed by atoms with Gasteiger partial charge in [0.2, 0.25) is 6.79 Å². The number of aliphatic imine (C=N–C) groups is 1. The Bertz CT molecular complexity index is 1070. The van der Waals surface area contributed by atoms with Gasteiger partial charge >= 0.3 is 0 Å². The van der Waals surface area contributed by atoms with Crippen LogP contribution in [0.15, 0.2) is 53.5 Å². The van der Waals surface area contributed by atoms with Crippen LogP contribution in [-0.2, 0) is 0 Å². The molecular formula is C20H17N3O4. The summed E-state index contributed by atoms with van der Waals surface area (Å²) in [4.78, 5) is 15.2. The third-order valence-electron chi connectivity index (χ3n) is 4.48. The van der Waals surface area contributed by atoms with Gasteiger partial charge in [-0.1, -0.05) is 6.07 Å². The molecule has 7 nitrogen and oxygen atoms in total. The largest absolute Gasteiger partial charge is 0.454 e. The zero-order valence-corrected chi connectivity index (χ0v) is 14.9. The molecule has 27 heavy (non-hydrogen) atoms. The van der Waals surface area contributed by atoms with Gasteiger partial charge in [-0.25, -0.2) is 0 Å². The highest BCUT2D eigenvalue weighted by atomic mass is 16.7. The molecule has 3 aromatic rings. The van der Waals surface area contributed by atoms with Crippen LogP contribution >= 0.6 is 0 Å². The monoisotopic (exact) mass is 363 g/mol. The first-order valence-electron chi connectivity index (χ1n) is 8.40. The number of hydrogen-bond donors (Lipinski definition) is 0. The van der Waals surface area contributed by atoms with Gasteiger partial charge in [0.25, 0.3) is 5.69 Å². The molecule has 1 aliphatic heterocycles. The van der Waals surface area contributed by atoms with Crippen molar-refractivity contribution in [3.8, 4) is 17.2 Å². The fourth-order valence-corrected chi connectivity index (χ4v) is 3.17. The second-order valence-corrected chi connectivity index (χ2v) is 6.23. The minimum atomic E-state index is -0.389. The lowest BCUT2D eigenvalue weighted by Gasteiger charge is -2.09. The second-order valence-electron chi connectivity index (χ2n) is 6.23. The minimum absolute atomic E-state index is 0.0653. The van der Waals surface area contributed by atoms with Gasteiger partial charge in [0, 0.05) is 41.4 Å². The van der Waals surface area contributed by atoms with Crippen molar-refractivity contribution in [1.82, 2.24) is 4.57 Å². The molecule has 0 saturated heterocycles. The highest BCUT2D eigenvalue weighted by Crippen LogP contribution is 2.35. The SMILES string of the molecule is Cc1cc(C=Nc2ccc3c(c2)OCO3)c(C)n1-c1cccc([N+](=O)[O-])c1. The Balaban J connectivity index is 1.67. The van der Waals surface area contributed by atoms with Crippen LogP contribution < -0.4 is 9.47 Å². The van der Waals surface area contributed by atoms with Crippen molar-refractivity contribution in [3.05, 3.63) is 75.6 Å². The van der Waals surface area contributed by atoms with Crippen LogP contribution in [0.3, 0.4) is 0 Å². The molecule has 0 amide bonds. The van der Waals surface area contributed by atoms with Gasteiger partial charge in [0.15, 0.2) is 11.5 Å². The van der Waals surface area contributed by atoms with Crippen LogP contribution in [0.5, 0.6) is 11.5 Å². The predicted molar refractivity (Wildman–Crippen MR) is 102 cm³/mol. The van der Waals surface area contributed by atoms with Gasteiger partial charge < -0.3 is 14.0 Å². The van der Waals surface area contributed by atoms with Crippen molar-refractivity contribution in [2.24, 2.45) is 4.99 Å². The van der Waals surface area contributed by atoms with E-state index >= 15 is 0 Å². The molecule has 2 aromatic carbocycles. The number of aromatic nitrogens is 1. The highest BCUT2D eigenvalue weighted by Gasteiger charge is 2.14. The Hall–Kier alpha value is -3.61. The normalized spacial score (nSPS) is 12.7. The Morgan fingerprint density at radius 1 is 1.11 bits per heavy atom. The van der Waals surface area contributed by atoms with Crippen LogP contribution in [0.4, 0.5) is 11.4 Å². The Morgan fingerprint density at radius 3 is 2.74 bits per heavy atom. The molecule has 4 rings (SSSR count). The van der Waals surface area contributed by atoms with Crippen molar-refractivity contribution in [2.45, 2.75) is 13.8 Å². The van der Waals surface area contributed by atoms with Gasteiger partial charge in [-0.05, 0) is 38.1 Å². The van der Waals surface area contributed by atoms with Crippen LogP contribution in [0.1, 0.15) is 17.0 Å². The van der Waals surface area contributed by atoms with Crippen molar-refractivity contribution in [1.29, 1.82) is 0 Å². The number of ether oxygens (including phenoxy) is 2. The fourth-order valence-electron chi connectivity index (χ4n) is 3.17. The summed E-state index contributed by atoms with van der Waals surface area (Å²) < 4.78 is 12.7. The average Bonchev–Trinajstić information content (AvgIpc) is 3.23. The average molecular weight is 363 g/mol.